The average molecular weight is 313 g/mol. The molecule has 1 aliphatic rings. The number of β-amino-alcohol motifs (C(OH)–C–C–N with tert-alkyl or cyclic N) is 1. The van der Waals surface area contributed by atoms with E-state index >= 15 is 0 Å². The van der Waals surface area contributed by atoms with Crippen LogP contribution in [0.2, 0.25) is 0 Å². The molecule has 0 unspecified atom stereocenters. The first-order valence-corrected chi connectivity index (χ1v) is 8.18. The lowest BCUT2D eigenvalue weighted by molar-refractivity contribution is 0.147. The highest BCUT2D eigenvalue weighted by Crippen LogP contribution is 2.25. The van der Waals surface area contributed by atoms with Gasteiger partial charge in [-0.3, -0.25) is 9.97 Å². The van der Waals surface area contributed by atoms with E-state index in [1.807, 2.05) is 13.0 Å². The third-order valence-electron chi connectivity index (χ3n) is 4.18. The van der Waals surface area contributed by atoms with Gasteiger partial charge in [-0.2, -0.15) is 0 Å². The Morgan fingerprint density at radius 1 is 1.26 bits per heavy atom. The Bertz CT molecular complexity index is 649. The van der Waals surface area contributed by atoms with Crippen LogP contribution in [0.15, 0.2) is 24.7 Å². The number of nitrogens with zero attached hydrogens (tertiary/aromatic N) is 5. The van der Waals surface area contributed by atoms with Gasteiger partial charge in [0, 0.05) is 55.8 Å². The molecule has 0 bridgehead atoms. The molecule has 1 fully saturated rings. The zero-order valence-corrected chi connectivity index (χ0v) is 13.7. The Balaban J connectivity index is 1.73. The maximum atomic E-state index is 10.4. The molecule has 0 spiro atoms. The molecule has 2 aromatic heterocycles. The van der Waals surface area contributed by atoms with Crippen molar-refractivity contribution in [3.05, 3.63) is 41.9 Å². The van der Waals surface area contributed by atoms with Gasteiger partial charge in [-0.05, 0) is 19.8 Å². The zero-order chi connectivity index (χ0) is 16.2. The first kappa shape index (κ1) is 15.8. The fraction of sp³-hybridized carbons (Fsp3) is 0.529. The number of anilines is 1. The van der Waals surface area contributed by atoms with Gasteiger partial charge >= 0.3 is 0 Å². The monoisotopic (exact) mass is 313 g/mol. The minimum Gasteiger partial charge on any atom is -0.391 e. The molecule has 0 radical (unpaired) electrons. The predicted octanol–water partition coefficient (Wildman–Crippen LogP) is 1.57. The Hall–Kier alpha value is -2.08. The van der Waals surface area contributed by atoms with Gasteiger partial charge in [0.15, 0.2) is 0 Å². The van der Waals surface area contributed by atoms with E-state index in [0.717, 1.165) is 48.8 Å². The van der Waals surface area contributed by atoms with Crippen molar-refractivity contribution in [1.29, 1.82) is 0 Å². The van der Waals surface area contributed by atoms with Crippen LogP contribution in [0.4, 0.5) is 5.82 Å². The van der Waals surface area contributed by atoms with Gasteiger partial charge < -0.3 is 10.0 Å². The molecule has 1 N–H and O–H groups in total. The summed E-state index contributed by atoms with van der Waals surface area (Å²) in [4.78, 5) is 19.7. The fourth-order valence-electron chi connectivity index (χ4n) is 3.06. The fourth-order valence-corrected chi connectivity index (χ4v) is 3.06. The summed E-state index contributed by atoms with van der Waals surface area (Å²) < 4.78 is 0. The van der Waals surface area contributed by atoms with Crippen molar-refractivity contribution in [3.8, 4) is 0 Å². The van der Waals surface area contributed by atoms with E-state index < -0.39 is 0 Å². The van der Waals surface area contributed by atoms with Crippen LogP contribution in [0.25, 0.3) is 0 Å². The minimum absolute atomic E-state index is 0.150. The molecule has 0 aromatic carbocycles. The van der Waals surface area contributed by atoms with Crippen molar-refractivity contribution in [1.82, 2.24) is 19.9 Å². The maximum absolute atomic E-state index is 10.4. The summed E-state index contributed by atoms with van der Waals surface area (Å²) >= 11 is 0. The first-order valence-electron chi connectivity index (χ1n) is 8.18. The molecular formula is C17H23N5O. The Kier molecular flexibility index (Phi) is 4.81. The number of aliphatic hydroxyl groups is 1. The van der Waals surface area contributed by atoms with Crippen molar-refractivity contribution in [2.75, 3.05) is 18.0 Å². The van der Waals surface area contributed by atoms with Crippen LogP contribution in [0.3, 0.4) is 0 Å². The van der Waals surface area contributed by atoms with E-state index in [-0.39, 0.29) is 12.0 Å². The summed E-state index contributed by atoms with van der Waals surface area (Å²) in [7, 11) is 0. The summed E-state index contributed by atoms with van der Waals surface area (Å²) in [6, 6.07) is 2.00. The van der Waals surface area contributed by atoms with Crippen molar-refractivity contribution >= 4 is 5.82 Å². The molecule has 1 aliphatic heterocycles. The molecule has 1 saturated heterocycles. The number of aryl methyl sites for hydroxylation is 2. The smallest absolute Gasteiger partial charge is 0.132 e. The van der Waals surface area contributed by atoms with Crippen molar-refractivity contribution in [2.24, 2.45) is 5.92 Å². The Morgan fingerprint density at radius 2 is 2.13 bits per heavy atom. The summed E-state index contributed by atoms with van der Waals surface area (Å²) in [5, 5.41) is 10.4. The lowest BCUT2D eigenvalue weighted by Gasteiger charge is -2.18. The second-order valence-electron chi connectivity index (χ2n) is 6.17. The number of rotatable bonds is 5. The van der Waals surface area contributed by atoms with Crippen molar-refractivity contribution in [2.45, 2.75) is 39.2 Å². The topological polar surface area (TPSA) is 75.0 Å². The van der Waals surface area contributed by atoms with Gasteiger partial charge in [0.2, 0.25) is 0 Å². The second kappa shape index (κ2) is 7.00. The van der Waals surface area contributed by atoms with Crippen LogP contribution in [-0.2, 0) is 12.8 Å². The molecule has 6 heteroatoms. The molecule has 2 aromatic rings. The Labute approximate surface area is 136 Å². The largest absolute Gasteiger partial charge is 0.391 e. The van der Waals surface area contributed by atoms with Gasteiger partial charge in [-0.25, -0.2) is 9.97 Å². The molecule has 0 aliphatic carbocycles. The lowest BCUT2D eigenvalue weighted by Crippen LogP contribution is -2.23. The van der Waals surface area contributed by atoms with Crippen LogP contribution in [0, 0.1) is 12.8 Å². The number of aliphatic hydroxyl groups excluding tert-OH is 1. The molecule has 3 rings (SSSR count). The van der Waals surface area contributed by atoms with Gasteiger partial charge in [0.05, 0.1) is 11.8 Å². The normalized spacial score (nSPS) is 20.9. The van der Waals surface area contributed by atoms with Gasteiger partial charge in [0.25, 0.3) is 0 Å². The average Bonchev–Trinajstić information content (AvgIpc) is 2.89. The molecule has 2 atom stereocenters. The number of hydrogen-bond acceptors (Lipinski definition) is 6. The molecule has 3 heterocycles. The third-order valence-corrected chi connectivity index (χ3v) is 4.18. The molecule has 23 heavy (non-hydrogen) atoms. The van der Waals surface area contributed by atoms with E-state index in [9.17, 15) is 5.11 Å². The summed E-state index contributed by atoms with van der Waals surface area (Å²) in [5.74, 6) is 1.95. The molecular weight excluding hydrogens is 290 g/mol. The Morgan fingerprint density at radius 3 is 2.87 bits per heavy atom. The number of hydrogen-bond donors (Lipinski definition) is 1. The highest BCUT2D eigenvalue weighted by atomic mass is 16.3. The summed E-state index contributed by atoms with van der Waals surface area (Å²) in [6.45, 7) is 5.50. The second-order valence-corrected chi connectivity index (χ2v) is 6.17. The van der Waals surface area contributed by atoms with E-state index in [2.05, 4.69) is 31.8 Å². The molecule has 0 amide bonds. The van der Waals surface area contributed by atoms with Crippen molar-refractivity contribution in [3.63, 3.8) is 0 Å². The van der Waals surface area contributed by atoms with Crippen LogP contribution < -0.4 is 4.90 Å². The first-order chi connectivity index (χ1) is 11.2. The quantitative estimate of drug-likeness (QED) is 0.903. The van der Waals surface area contributed by atoms with Crippen molar-refractivity contribution < 1.29 is 5.11 Å². The number of aromatic nitrogens is 4. The van der Waals surface area contributed by atoms with Crippen LogP contribution in [-0.4, -0.2) is 44.2 Å². The maximum Gasteiger partial charge on any atom is 0.132 e. The van der Waals surface area contributed by atoms with E-state index in [4.69, 9.17) is 0 Å². The molecule has 6 nitrogen and oxygen atoms in total. The van der Waals surface area contributed by atoms with Crippen LogP contribution in [0.1, 0.15) is 30.6 Å². The molecule has 122 valence electrons. The predicted molar refractivity (Wildman–Crippen MR) is 88.2 cm³/mol. The van der Waals surface area contributed by atoms with Gasteiger partial charge in [0.1, 0.15) is 11.6 Å². The van der Waals surface area contributed by atoms with Crippen LogP contribution in [0.5, 0.6) is 0 Å². The van der Waals surface area contributed by atoms with Gasteiger partial charge in [-0.1, -0.05) is 6.92 Å². The third kappa shape index (κ3) is 3.82. The highest BCUT2D eigenvalue weighted by Gasteiger charge is 2.32. The highest BCUT2D eigenvalue weighted by molar-refractivity contribution is 5.41. The summed E-state index contributed by atoms with van der Waals surface area (Å²) in [6.07, 6.45) is 7.40. The summed E-state index contributed by atoms with van der Waals surface area (Å²) in [5.41, 5.74) is 1.90. The SMILES string of the molecule is CCCc1nc(C)cc(N2C[C@@H](Cc3cnccn3)[C@H](O)C2)n1. The zero-order valence-electron chi connectivity index (χ0n) is 13.7. The van der Waals surface area contributed by atoms with Crippen LogP contribution >= 0.6 is 0 Å². The van der Waals surface area contributed by atoms with Gasteiger partial charge in [-0.15, -0.1) is 0 Å². The van der Waals surface area contributed by atoms with E-state index in [0.29, 0.717) is 6.54 Å². The van der Waals surface area contributed by atoms with E-state index in [1.165, 1.54) is 0 Å². The molecule has 0 saturated carbocycles. The minimum atomic E-state index is -0.373. The van der Waals surface area contributed by atoms with E-state index in [1.54, 1.807) is 18.6 Å². The standard InChI is InChI=1S/C17H23N5O/c1-3-4-16-20-12(2)7-17(21-16)22-10-13(15(23)11-22)8-14-9-18-5-6-19-14/h5-7,9,13,15,23H,3-4,8,10-11H2,1-2H3/t13-,15-/m1/s1. The lowest BCUT2D eigenvalue weighted by atomic mass is 10.0.